The standard InChI is InChI=1S/C21H24FN9/c1-23-20-19-14(16-7-10-30-18(25-16)5-8-24-30)6-9-31(19)28-21(27-20)26-17-12-29(11-15(17)22)13-3-2-4-13/h5-10,13,15,17H,2-4,11-12H2,1H3,(H2,23,26,27,28). The van der Waals surface area contributed by atoms with Crippen molar-refractivity contribution in [1.82, 2.24) is 34.1 Å². The van der Waals surface area contributed by atoms with Crippen molar-refractivity contribution in [2.45, 2.75) is 37.5 Å². The number of alkyl halides is 1. The lowest BCUT2D eigenvalue weighted by molar-refractivity contribution is 0.148. The van der Waals surface area contributed by atoms with Gasteiger partial charge in [-0.2, -0.15) is 10.1 Å². The topological polar surface area (TPSA) is 87.7 Å². The molecular weight excluding hydrogens is 397 g/mol. The summed E-state index contributed by atoms with van der Waals surface area (Å²) in [6, 6.07) is 5.98. The molecule has 1 saturated heterocycles. The van der Waals surface area contributed by atoms with Crippen LogP contribution in [0.4, 0.5) is 16.2 Å². The third-order valence-electron chi connectivity index (χ3n) is 6.46. The number of rotatable bonds is 5. The van der Waals surface area contributed by atoms with E-state index in [-0.39, 0.29) is 6.04 Å². The van der Waals surface area contributed by atoms with Crippen LogP contribution in [-0.4, -0.2) is 72.5 Å². The highest BCUT2D eigenvalue weighted by Gasteiger charge is 2.38. The molecule has 0 bridgehead atoms. The molecule has 1 aliphatic carbocycles. The molecule has 4 aromatic heterocycles. The number of nitrogens with one attached hydrogen (secondary N) is 2. The Balaban J connectivity index is 1.32. The highest BCUT2D eigenvalue weighted by molar-refractivity contribution is 5.87. The van der Waals surface area contributed by atoms with E-state index >= 15 is 0 Å². The Morgan fingerprint density at radius 2 is 1.94 bits per heavy atom. The van der Waals surface area contributed by atoms with E-state index in [9.17, 15) is 4.39 Å². The molecule has 2 unspecified atom stereocenters. The minimum atomic E-state index is -0.926. The van der Waals surface area contributed by atoms with Crippen LogP contribution in [0.2, 0.25) is 0 Å². The Hall–Kier alpha value is -3.27. The number of hydrogen-bond acceptors (Lipinski definition) is 7. The van der Waals surface area contributed by atoms with Crippen LogP contribution in [0.15, 0.2) is 36.8 Å². The number of fused-ring (bicyclic) bond motifs is 2. The first-order valence-corrected chi connectivity index (χ1v) is 10.7. The summed E-state index contributed by atoms with van der Waals surface area (Å²) in [6.45, 7) is 1.17. The van der Waals surface area contributed by atoms with E-state index in [0.29, 0.717) is 30.9 Å². The molecule has 4 aromatic rings. The van der Waals surface area contributed by atoms with Crippen molar-refractivity contribution < 1.29 is 4.39 Å². The van der Waals surface area contributed by atoms with Gasteiger partial charge >= 0.3 is 0 Å². The summed E-state index contributed by atoms with van der Waals surface area (Å²) in [5.74, 6) is 1.08. The molecule has 0 spiro atoms. The lowest BCUT2D eigenvalue weighted by Gasteiger charge is -2.34. The number of aromatic nitrogens is 6. The summed E-state index contributed by atoms with van der Waals surface area (Å²) in [7, 11) is 1.82. The van der Waals surface area contributed by atoms with Crippen molar-refractivity contribution in [1.29, 1.82) is 0 Å². The fourth-order valence-corrected chi connectivity index (χ4v) is 4.57. The molecule has 0 aromatic carbocycles. The van der Waals surface area contributed by atoms with Gasteiger partial charge in [0.2, 0.25) is 5.95 Å². The summed E-state index contributed by atoms with van der Waals surface area (Å²) in [5, 5.41) is 15.2. The van der Waals surface area contributed by atoms with Gasteiger partial charge < -0.3 is 10.6 Å². The summed E-state index contributed by atoms with van der Waals surface area (Å²) >= 11 is 0. The molecule has 0 amide bonds. The summed E-state index contributed by atoms with van der Waals surface area (Å²) in [5.41, 5.74) is 3.32. The average Bonchev–Trinajstić information content (AvgIpc) is 3.44. The third kappa shape index (κ3) is 3.09. The third-order valence-corrected chi connectivity index (χ3v) is 6.46. The molecule has 6 rings (SSSR count). The van der Waals surface area contributed by atoms with Crippen molar-refractivity contribution in [2.75, 3.05) is 30.8 Å². The van der Waals surface area contributed by atoms with Crippen LogP contribution in [-0.2, 0) is 0 Å². The number of halogens is 1. The number of likely N-dealkylation sites (tertiary alicyclic amines) is 1. The predicted octanol–water partition coefficient (Wildman–Crippen LogP) is 2.47. The van der Waals surface area contributed by atoms with Crippen molar-refractivity contribution in [3.8, 4) is 11.3 Å². The second kappa shape index (κ2) is 7.16. The van der Waals surface area contributed by atoms with Gasteiger partial charge in [0, 0.05) is 50.2 Å². The SMILES string of the molecule is CNc1nc(NC2CN(C3CCC3)CC2F)nn2ccc(-c3ccn4nccc4n3)c12. The van der Waals surface area contributed by atoms with Gasteiger partial charge in [-0.25, -0.2) is 18.4 Å². The van der Waals surface area contributed by atoms with Gasteiger partial charge in [0.25, 0.3) is 0 Å². The lowest BCUT2D eigenvalue weighted by Crippen LogP contribution is -2.39. The minimum absolute atomic E-state index is 0.302. The van der Waals surface area contributed by atoms with E-state index in [1.807, 2.05) is 37.6 Å². The van der Waals surface area contributed by atoms with Crippen molar-refractivity contribution in [3.05, 3.63) is 36.8 Å². The molecule has 31 heavy (non-hydrogen) atoms. The van der Waals surface area contributed by atoms with Crippen molar-refractivity contribution in [2.24, 2.45) is 0 Å². The zero-order chi connectivity index (χ0) is 20.9. The largest absolute Gasteiger partial charge is 0.371 e. The molecule has 0 radical (unpaired) electrons. The molecule has 1 aliphatic heterocycles. The Morgan fingerprint density at radius 1 is 1.06 bits per heavy atom. The fraction of sp³-hybridized carbons (Fsp3) is 0.429. The van der Waals surface area contributed by atoms with Gasteiger partial charge in [0.1, 0.15) is 11.7 Å². The Bertz CT molecular complexity index is 1240. The fourth-order valence-electron chi connectivity index (χ4n) is 4.57. The maximum absolute atomic E-state index is 14.7. The first-order valence-electron chi connectivity index (χ1n) is 10.7. The monoisotopic (exact) mass is 421 g/mol. The summed E-state index contributed by atoms with van der Waals surface area (Å²) in [6.07, 6.45) is 8.16. The lowest BCUT2D eigenvalue weighted by atomic mass is 9.92. The Kier molecular flexibility index (Phi) is 4.27. The van der Waals surface area contributed by atoms with Crippen LogP contribution in [0.1, 0.15) is 19.3 Å². The van der Waals surface area contributed by atoms with Crippen LogP contribution < -0.4 is 10.6 Å². The van der Waals surface area contributed by atoms with Crippen molar-refractivity contribution in [3.63, 3.8) is 0 Å². The first kappa shape index (κ1) is 18.5. The summed E-state index contributed by atoms with van der Waals surface area (Å²) < 4.78 is 18.2. The van der Waals surface area contributed by atoms with Crippen LogP contribution in [0.25, 0.3) is 22.4 Å². The van der Waals surface area contributed by atoms with E-state index in [4.69, 9.17) is 4.98 Å². The van der Waals surface area contributed by atoms with Gasteiger partial charge in [0.15, 0.2) is 11.5 Å². The second-order valence-electron chi connectivity index (χ2n) is 8.31. The summed E-state index contributed by atoms with van der Waals surface area (Å²) in [4.78, 5) is 11.6. The van der Waals surface area contributed by atoms with E-state index in [1.165, 1.54) is 19.3 Å². The van der Waals surface area contributed by atoms with Crippen LogP contribution >= 0.6 is 0 Å². The van der Waals surface area contributed by atoms with E-state index in [0.717, 1.165) is 22.4 Å². The molecule has 2 aliphatic rings. The van der Waals surface area contributed by atoms with Crippen LogP contribution in [0.5, 0.6) is 0 Å². The van der Waals surface area contributed by atoms with E-state index in [1.54, 1.807) is 15.2 Å². The molecule has 5 heterocycles. The molecule has 160 valence electrons. The molecule has 9 nitrogen and oxygen atoms in total. The normalized spacial score (nSPS) is 22.3. The quantitative estimate of drug-likeness (QED) is 0.512. The molecule has 1 saturated carbocycles. The zero-order valence-corrected chi connectivity index (χ0v) is 17.2. The minimum Gasteiger partial charge on any atom is -0.371 e. The van der Waals surface area contributed by atoms with E-state index < -0.39 is 6.17 Å². The molecule has 2 fully saturated rings. The number of hydrogen-bond donors (Lipinski definition) is 2. The Labute approximate surface area is 178 Å². The number of anilines is 2. The van der Waals surface area contributed by atoms with Gasteiger partial charge in [0.05, 0.1) is 17.9 Å². The molecule has 2 N–H and O–H groups in total. The maximum atomic E-state index is 14.7. The van der Waals surface area contributed by atoms with Gasteiger partial charge in [-0.3, -0.25) is 4.90 Å². The highest BCUT2D eigenvalue weighted by atomic mass is 19.1. The molecule has 10 heteroatoms. The van der Waals surface area contributed by atoms with Crippen LogP contribution in [0, 0.1) is 0 Å². The molecule has 2 atom stereocenters. The highest BCUT2D eigenvalue weighted by Crippen LogP contribution is 2.31. The Morgan fingerprint density at radius 3 is 2.74 bits per heavy atom. The predicted molar refractivity (Wildman–Crippen MR) is 116 cm³/mol. The maximum Gasteiger partial charge on any atom is 0.243 e. The van der Waals surface area contributed by atoms with Gasteiger partial charge in [-0.15, -0.1) is 5.10 Å². The average molecular weight is 421 g/mol. The van der Waals surface area contributed by atoms with Gasteiger partial charge in [-0.1, -0.05) is 6.42 Å². The van der Waals surface area contributed by atoms with Crippen molar-refractivity contribution >= 4 is 22.9 Å². The smallest absolute Gasteiger partial charge is 0.243 e. The van der Waals surface area contributed by atoms with Gasteiger partial charge in [-0.05, 0) is 25.0 Å². The molecular formula is C21H24FN9. The zero-order valence-electron chi connectivity index (χ0n) is 17.2. The second-order valence-corrected chi connectivity index (χ2v) is 8.31. The number of nitrogens with zero attached hydrogens (tertiary/aromatic N) is 7. The van der Waals surface area contributed by atoms with Crippen LogP contribution in [0.3, 0.4) is 0 Å². The van der Waals surface area contributed by atoms with E-state index in [2.05, 4.69) is 30.7 Å². The first-order chi connectivity index (χ1) is 15.2.